The molecule has 7 heteroatoms. The van der Waals surface area contributed by atoms with Gasteiger partial charge in [-0.05, 0) is 31.0 Å². The van der Waals surface area contributed by atoms with E-state index in [1.54, 1.807) is 12.4 Å². The van der Waals surface area contributed by atoms with Gasteiger partial charge in [0.2, 0.25) is 5.95 Å². The number of nitrogens with one attached hydrogen (secondary N) is 2. The topological polar surface area (TPSA) is 68.7 Å². The standard InChI is InChI=1S/C21H31N7/c1-17-5-6-19(18(2)15-17)16-26-20(22-3)23-9-10-27-11-13-28(14-12-27)21-24-7-4-8-25-21/h4-8,15H,9-14,16H2,1-3H3,(H2,22,23,26). The van der Waals surface area contributed by atoms with Crippen molar-refractivity contribution in [3.8, 4) is 0 Å². The van der Waals surface area contributed by atoms with Gasteiger partial charge in [0.15, 0.2) is 5.96 Å². The molecule has 0 aliphatic carbocycles. The summed E-state index contributed by atoms with van der Waals surface area (Å²) in [7, 11) is 1.82. The van der Waals surface area contributed by atoms with E-state index >= 15 is 0 Å². The van der Waals surface area contributed by atoms with Gasteiger partial charge in [-0.2, -0.15) is 0 Å². The molecule has 1 aromatic carbocycles. The number of guanidine groups is 1. The van der Waals surface area contributed by atoms with Crippen LogP contribution in [0.1, 0.15) is 16.7 Å². The first-order valence-electron chi connectivity index (χ1n) is 9.90. The number of hydrogen-bond donors (Lipinski definition) is 2. The molecule has 28 heavy (non-hydrogen) atoms. The average molecular weight is 382 g/mol. The fourth-order valence-corrected chi connectivity index (χ4v) is 3.40. The van der Waals surface area contributed by atoms with Crippen LogP contribution in [0, 0.1) is 13.8 Å². The largest absolute Gasteiger partial charge is 0.355 e. The van der Waals surface area contributed by atoms with E-state index in [1.807, 2.05) is 13.1 Å². The highest BCUT2D eigenvalue weighted by atomic mass is 15.3. The second kappa shape index (κ2) is 10.0. The van der Waals surface area contributed by atoms with E-state index in [0.717, 1.165) is 57.7 Å². The van der Waals surface area contributed by atoms with Crippen LogP contribution >= 0.6 is 0 Å². The third kappa shape index (κ3) is 5.66. The van der Waals surface area contributed by atoms with Crippen LogP contribution in [-0.2, 0) is 6.54 Å². The van der Waals surface area contributed by atoms with Gasteiger partial charge in [-0.15, -0.1) is 0 Å². The van der Waals surface area contributed by atoms with Gasteiger partial charge in [-0.25, -0.2) is 9.97 Å². The van der Waals surface area contributed by atoms with Crippen molar-refractivity contribution in [2.75, 3.05) is 51.2 Å². The third-order valence-electron chi connectivity index (χ3n) is 5.10. The monoisotopic (exact) mass is 381 g/mol. The lowest BCUT2D eigenvalue weighted by molar-refractivity contribution is 0.260. The van der Waals surface area contributed by atoms with Gasteiger partial charge in [0.25, 0.3) is 0 Å². The molecule has 7 nitrogen and oxygen atoms in total. The van der Waals surface area contributed by atoms with E-state index in [9.17, 15) is 0 Å². The minimum Gasteiger partial charge on any atom is -0.355 e. The molecule has 2 heterocycles. The molecule has 1 aliphatic heterocycles. The van der Waals surface area contributed by atoms with Crippen molar-refractivity contribution in [3.63, 3.8) is 0 Å². The predicted octanol–water partition coefficient (Wildman–Crippen LogP) is 1.58. The van der Waals surface area contributed by atoms with Gasteiger partial charge >= 0.3 is 0 Å². The first-order chi connectivity index (χ1) is 13.7. The van der Waals surface area contributed by atoms with E-state index in [0.29, 0.717) is 0 Å². The maximum absolute atomic E-state index is 4.34. The summed E-state index contributed by atoms with van der Waals surface area (Å²) in [5.41, 5.74) is 3.90. The van der Waals surface area contributed by atoms with Crippen LogP contribution in [0.25, 0.3) is 0 Å². The zero-order valence-electron chi connectivity index (χ0n) is 17.1. The summed E-state index contributed by atoms with van der Waals surface area (Å²) in [4.78, 5) is 17.7. The number of aryl methyl sites for hydroxylation is 2. The molecule has 1 aliphatic rings. The molecular formula is C21H31N7. The van der Waals surface area contributed by atoms with E-state index in [2.05, 4.69) is 67.4 Å². The van der Waals surface area contributed by atoms with Gasteiger partial charge in [0.05, 0.1) is 0 Å². The average Bonchev–Trinajstić information content (AvgIpc) is 2.73. The molecule has 3 rings (SSSR count). The molecule has 150 valence electrons. The van der Waals surface area contributed by atoms with Crippen LogP contribution < -0.4 is 15.5 Å². The number of aromatic nitrogens is 2. The maximum atomic E-state index is 4.34. The predicted molar refractivity (Wildman–Crippen MR) is 115 cm³/mol. The highest BCUT2D eigenvalue weighted by molar-refractivity contribution is 5.79. The number of nitrogens with zero attached hydrogens (tertiary/aromatic N) is 5. The molecule has 1 aromatic heterocycles. The smallest absolute Gasteiger partial charge is 0.225 e. The summed E-state index contributed by atoms with van der Waals surface area (Å²) in [5, 5.41) is 6.83. The van der Waals surface area contributed by atoms with Crippen molar-refractivity contribution in [2.45, 2.75) is 20.4 Å². The molecule has 0 atom stereocenters. The molecule has 0 unspecified atom stereocenters. The van der Waals surface area contributed by atoms with Gasteiger partial charge in [0, 0.05) is 65.3 Å². The molecule has 0 saturated carbocycles. The van der Waals surface area contributed by atoms with E-state index in [1.165, 1.54) is 16.7 Å². The summed E-state index contributed by atoms with van der Waals surface area (Å²) in [5.74, 6) is 1.67. The van der Waals surface area contributed by atoms with Crippen LogP contribution in [-0.4, -0.2) is 67.1 Å². The second-order valence-corrected chi connectivity index (χ2v) is 7.16. The van der Waals surface area contributed by atoms with Gasteiger partial charge < -0.3 is 15.5 Å². The molecule has 0 radical (unpaired) electrons. The number of anilines is 1. The molecule has 1 saturated heterocycles. The molecule has 0 spiro atoms. The zero-order valence-corrected chi connectivity index (χ0v) is 17.1. The lowest BCUT2D eigenvalue weighted by Crippen LogP contribution is -2.49. The number of rotatable bonds is 6. The van der Waals surface area contributed by atoms with Gasteiger partial charge in [-0.1, -0.05) is 23.8 Å². The van der Waals surface area contributed by atoms with Crippen LogP contribution in [0.3, 0.4) is 0 Å². The van der Waals surface area contributed by atoms with E-state index in [-0.39, 0.29) is 0 Å². The molecule has 0 amide bonds. The highest BCUT2D eigenvalue weighted by Gasteiger charge is 2.18. The highest BCUT2D eigenvalue weighted by Crippen LogP contribution is 2.10. The van der Waals surface area contributed by atoms with Crippen LogP contribution in [0.4, 0.5) is 5.95 Å². The van der Waals surface area contributed by atoms with Crippen molar-refractivity contribution in [1.29, 1.82) is 0 Å². The molecule has 2 aromatic rings. The first kappa shape index (κ1) is 20.1. The maximum Gasteiger partial charge on any atom is 0.225 e. The molecule has 1 fully saturated rings. The van der Waals surface area contributed by atoms with Crippen molar-refractivity contribution >= 4 is 11.9 Å². The van der Waals surface area contributed by atoms with Crippen LogP contribution in [0.5, 0.6) is 0 Å². The Morgan fingerprint density at radius 3 is 2.50 bits per heavy atom. The number of piperazine rings is 1. The Hall–Kier alpha value is -2.67. The Morgan fingerprint density at radius 2 is 1.82 bits per heavy atom. The van der Waals surface area contributed by atoms with Crippen molar-refractivity contribution in [3.05, 3.63) is 53.3 Å². The quantitative estimate of drug-likeness (QED) is 0.585. The summed E-state index contributed by atoms with van der Waals surface area (Å²) >= 11 is 0. The fourth-order valence-electron chi connectivity index (χ4n) is 3.40. The van der Waals surface area contributed by atoms with Gasteiger partial charge in [-0.3, -0.25) is 9.89 Å². The van der Waals surface area contributed by atoms with Crippen molar-refractivity contribution in [2.24, 2.45) is 4.99 Å². The molecule has 0 bridgehead atoms. The van der Waals surface area contributed by atoms with E-state index < -0.39 is 0 Å². The number of benzene rings is 1. The summed E-state index contributed by atoms with van der Waals surface area (Å²) < 4.78 is 0. The van der Waals surface area contributed by atoms with Crippen molar-refractivity contribution in [1.82, 2.24) is 25.5 Å². The summed E-state index contributed by atoms with van der Waals surface area (Å²) in [6, 6.07) is 8.40. The molecule has 2 N–H and O–H groups in total. The van der Waals surface area contributed by atoms with E-state index in [4.69, 9.17) is 0 Å². The Bertz CT molecular complexity index is 768. The fraction of sp³-hybridized carbons (Fsp3) is 0.476. The minimum atomic E-state index is 0.779. The normalized spacial score (nSPS) is 15.5. The SMILES string of the molecule is CN=C(NCCN1CCN(c2ncccn2)CC1)NCc1ccc(C)cc1C. The molecular weight excluding hydrogens is 350 g/mol. The number of hydrogen-bond acceptors (Lipinski definition) is 5. The first-order valence-corrected chi connectivity index (χ1v) is 9.90. The van der Waals surface area contributed by atoms with Crippen LogP contribution in [0.15, 0.2) is 41.7 Å². The second-order valence-electron chi connectivity index (χ2n) is 7.16. The summed E-state index contributed by atoms with van der Waals surface area (Å²) in [6.07, 6.45) is 3.60. The van der Waals surface area contributed by atoms with Gasteiger partial charge in [0.1, 0.15) is 0 Å². The summed E-state index contributed by atoms with van der Waals surface area (Å²) in [6.45, 7) is 10.9. The van der Waals surface area contributed by atoms with Crippen molar-refractivity contribution < 1.29 is 0 Å². The number of aliphatic imine (C=N–C) groups is 1. The Kier molecular flexibility index (Phi) is 7.19. The lowest BCUT2D eigenvalue weighted by Gasteiger charge is -2.34. The van der Waals surface area contributed by atoms with Crippen LogP contribution in [0.2, 0.25) is 0 Å². The Morgan fingerprint density at radius 1 is 1.07 bits per heavy atom. The lowest BCUT2D eigenvalue weighted by atomic mass is 10.1. The Labute approximate surface area is 167 Å². The zero-order chi connectivity index (χ0) is 19.8. The minimum absolute atomic E-state index is 0.779. The third-order valence-corrected chi connectivity index (χ3v) is 5.10. The Balaban J connectivity index is 1.37.